The van der Waals surface area contributed by atoms with Crippen LogP contribution in [0.2, 0.25) is 0 Å². The highest BCUT2D eigenvalue weighted by atomic mass is 19.4. The van der Waals surface area contributed by atoms with Gasteiger partial charge in [-0.2, -0.15) is 18.2 Å². The molecule has 0 bridgehead atoms. The largest absolute Gasteiger partial charge is 0.453 e. The van der Waals surface area contributed by atoms with E-state index in [0.29, 0.717) is 36.2 Å². The van der Waals surface area contributed by atoms with Crippen molar-refractivity contribution in [3.8, 4) is 0 Å². The van der Waals surface area contributed by atoms with E-state index >= 15 is 0 Å². The normalized spacial score (nSPS) is 16.1. The van der Waals surface area contributed by atoms with Crippen LogP contribution >= 0.6 is 0 Å². The van der Waals surface area contributed by atoms with Crippen LogP contribution in [-0.2, 0) is 23.8 Å². The molecule has 0 radical (unpaired) electrons. The molecule has 1 aromatic carbocycles. The van der Waals surface area contributed by atoms with Crippen LogP contribution in [0.5, 0.6) is 0 Å². The van der Waals surface area contributed by atoms with Crippen LogP contribution in [0.3, 0.4) is 0 Å². The van der Waals surface area contributed by atoms with Crippen molar-refractivity contribution in [2.75, 3.05) is 0 Å². The van der Waals surface area contributed by atoms with Crippen LogP contribution in [0.4, 0.5) is 17.6 Å². The van der Waals surface area contributed by atoms with Crippen LogP contribution in [0.15, 0.2) is 18.2 Å². The van der Waals surface area contributed by atoms with Crippen LogP contribution < -0.4 is 5.32 Å². The second-order valence-corrected chi connectivity index (χ2v) is 7.41. The number of rotatable bonds is 4. The molecule has 0 spiro atoms. The van der Waals surface area contributed by atoms with Gasteiger partial charge in [0.15, 0.2) is 0 Å². The van der Waals surface area contributed by atoms with Crippen molar-refractivity contribution in [1.82, 2.24) is 24.9 Å². The van der Waals surface area contributed by atoms with Gasteiger partial charge in [0, 0.05) is 17.8 Å². The first-order chi connectivity index (χ1) is 14.1. The number of aryl methyl sites for hydroxylation is 3. The van der Waals surface area contributed by atoms with E-state index in [1.807, 2.05) is 0 Å². The number of carbonyl (C=O) groups excluding carboxylic acids is 1. The minimum Gasteiger partial charge on any atom is -0.349 e. The molecule has 3 aromatic rings. The van der Waals surface area contributed by atoms with E-state index in [4.69, 9.17) is 0 Å². The van der Waals surface area contributed by atoms with Crippen LogP contribution in [0.1, 0.15) is 52.8 Å². The van der Waals surface area contributed by atoms with Gasteiger partial charge >= 0.3 is 6.18 Å². The SMILES string of the molecule is Cc1nc2nc(C(F)(F)F)nn2c(C)c1CCC(=O)NC1CCc2cc(F)ccc21. The molecule has 158 valence electrons. The molecule has 1 atom stereocenters. The highest BCUT2D eigenvalue weighted by Crippen LogP contribution is 2.31. The summed E-state index contributed by atoms with van der Waals surface area (Å²) in [5.74, 6) is -1.86. The molecule has 6 nitrogen and oxygen atoms in total. The Morgan fingerprint density at radius 2 is 2.03 bits per heavy atom. The van der Waals surface area contributed by atoms with Gasteiger partial charge in [-0.15, -0.1) is 5.10 Å². The highest BCUT2D eigenvalue weighted by molar-refractivity contribution is 5.77. The van der Waals surface area contributed by atoms with Gasteiger partial charge in [0.25, 0.3) is 11.6 Å². The average Bonchev–Trinajstić information content (AvgIpc) is 3.25. The van der Waals surface area contributed by atoms with Crippen molar-refractivity contribution in [2.24, 2.45) is 0 Å². The first kappa shape index (κ1) is 20.2. The molecule has 0 saturated carbocycles. The number of halogens is 4. The molecule has 1 aliphatic carbocycles. The number of nitrogens with one attached hydrogen (secondary N) is 1. The van der Waals surface area contributed by atoms with E-state index in [-0.39, 0.29) is 30.0 Å². The molecule has 2 aromatic heterocycles. The summed E-state index contributed by atoms with van der Waals surface area (Å²) in [4.78, 5) is 20.0. The van der Waals surface area contributed by atoms with Gasteiger partial charge < -0.3 is 5.32 Å². The maximum Gasteiger partial charge on any atom is 0.453 e. The third kappa shape index (κ3) is 3.73. The number of hydrogen-bond acceptors (Lipinski definition) is 4. The lowest BCUT2D eigenvalue weighted by atomic mass is 10.1. The van der Waals surface area contributed by atoms with E-state index < -0.39 is 12.0 Å². The number of nitrogens with zero attached hydrogens (tertiary/aromatic N) is 4. The lowest BCUT2D eigenvalue weighted by Gasteiger charge is -2.15. The molecule has 1 unspecified atom stereocenters. The molecular weight excluding hydrogens is 402 g/mol. The van der Waals surface area contributed by atoms with Gasteiger partial charge in [0.05, 0.1) is 6.04 Å². The Balaban J connectivity index is 1.48. The van der Waals surface area contributed by atoms with Crippen LogP contribution in [0.25, 0.3) is 5.78 Å². The lowest BCUT2D eigenvalue weighted by molar-refractivity contribution is -0.144. The Morgan fingerprint density at radius 3 is 2.77 bits per heavy atom. The van der Waals surface area contributed by atoms with Gasteiger partial charge in [-0.05, 0) is 61.9 Å². The van der Waals surface area contributed by atoms with Crippen molar-refractivity contribution in [2.45, 2.75) is 51.7 Å². The fourth-order valence-corrected chi connectivity index (χ4v) is 3.93. The van der Waals surface area contributed by atoms with Crippen molar-refractivity contribution in [3.63, 3.8) is 0 Å². The molecule has 1 N–H and O–H groups in total. The Kier molecular flexibility index (Phi) is 4.95. The zero-order chi connectivity index (χ0) is 21.6. The summed E-state index contributed by atoms with van der Waals surface area (Å²) >= 11 is 0. The summed E-state index contributed by atoms with van der Waals surface area (Å²) in [6, 6.07) is 4.39. The van der Waals surface area contributed by atoms with E-state index in [9.17, 15) is 22.4 Å². The Morgan fingerprint density at radius 1 is 1.27 bits per heavy atom. The summed E-state index contributed by atoms with van der Waals surface area (Å²) in [6.07, 6.45) is -2.81. The molecule has 0 fully saturated rings. The second kappa shape index (κ2) is 7.33. The Bertz CT molecular complexity index is 1140. The van der Waals surface area contributed by atoms with Crippen LogP contribution in [-0.4, -0.2) is 25.5 Å². The van der Waals surface area contributed by atoms with Crippen molar-refractivity contribution in [3.05, 3.63) is 57.9 Å². The lowest BCUT2D eigenvalue weighted by Crippen LogP contribution is -2.27. The van der Waals surface area contributed by atoms with Crippen molar-refractivity contribution >= 4 is 11.7 Å². The number of carbonyl (C=O) groups is 1. The molecular formula is C20H19F4N5O. The number of amides is 1. The molecule has 0 aliphatic heterocycles. The number of hydrogen-bond donors (Lipinski definition) is 1. The van der Waals surface area contributed by atoms with Crippen molar-refractivity contribution < 1.29 is 22.4 Å². The summed E-state index contributed by atoms with van der Waals surface area (Å²) < 4.78 is 53.1. The van der Waals surface area contributed by atoms with Gasteiger partial charge in [-0.3, -0.25) is 4.79 Å². The van der Waals surface area contributed by atoms with E-state index in [0.717, 1.165) is 15.6 Å². The monoisotopic (exact) mass is 421 g/mol. The zero-order valence-electron chi connectivity index (χ0n) is 16.3. The van der Waals surface area contributed by atoms with Gasteiger partial charge in [0.1, 0.15) is 5.82 Å². The van der Waals surface area contributed by atoms with E-state index in [1.165, 1.54) is 12.1 Å². The maximum atomic E-state index is 13.3. The third-order valence-electron chi connectivity index (χ3n) is 5.42. The zero-order valence-corrected chi connectivity index (χ0v) is 16.3. The summed E-state index contributed by atoms with van der Waals surface area (Å²) in [5.41, 5.74) is 3.45. The number of benzene rings is 1. The molecule has 4 rings (SSSR count). The molecule has 30 heavy (non-hydrogen) atoms. The van der Waals surface area contributed by atoms with Crippen molar-refractivity contribution in [1.29, 1.82) is 0 Å². The summed E-state index contributed by atoms with van der Waals surface area (Å²) in [6.45, 7) is 3.30. The topological polar surface area (TPSA) is 72.2 Å². The fraction of sp³-hybridized carbons (Fsp3) is 0.400. The smallest absolute Gasteiger partial charge is 0.349 e. The molecule has 0 saturated heterocycles. The predicted molar refractivity (Wildman–Crippen MR) is 99.2 cm³/mol. The average molecular weight is 421 g/mol. The van der Waals surface area contributed by atoms with E-state index in [2.05, 4.69) is 20.4 Å². The minimum atomic E-state index is -4.66. The molecule has 10 heteroatoms. The maximum absolute atomic E-state index is 13.3. The third-order valence-corrected chi connectivity index (χ3v) is 5.42. The van der Waals surface area contributed by atoms with Gasteiger partial charge in [-0.25, -0.2) is 13.9 Å². The number of fused-ring (bicyclic) bond motifs is 2. The standard InChI is InChI=1S/C20H19F4N5O/c1-10-14(11(2)29-19(25-10)27-18(28-29)20(22,23)24)6-8-17(30)26-16-7-3-12-9-13(21)4-5-15(12)16/h4-5,9,16H,3,6-8H2,1-2H3,(H,26,30). The Labute approximate surface area is 169 Å². The first-order valence-electron chi connectivity index (χ1n) is 9.51. The van der Waals surface area contributed by atoms with E-state index in [1.54, 1.807) is 19.9 Å². The molecule has 1 amide bonds. The first-order valence-corrected chi connectivity index (χ1v) is 9.51. The highest BCUT2D eigenvalue weighted by Gasteiger charge is 2.37. The minimum absolute atomic E-state index is 0.125. The van der Waals surface area contributed by atoms with Gasteiger partial charge in [-0.1, -0.05) is 6.07 Å². The molecule has 1 aliphatic rings. The van der Waals surface area contributed by atoms with Gasteiger partial charge in [0.2, 0.25) is 5.91 Å². The second-order valence-electron chi connectivity index (χ2n) is 7.41. The quantitative estimate of drug-likeness (QED) is 0.653. The number of alkyl halides is 3. The summed E-state index contributed by atoms with van der Waals surface area (Å²) in [5, 5.41) is 6.47. The summed E-state index contributed by atoms with van der Waals surface area (Å²) in [7, 11) is 0. The van der Waals surface area contributed by atoms with Crippen LogP contribution in [0, 0.1) is 19.7 Å². The Hall–Kier alpha value is -3.04. The molecule has 2 heterocycles. The predicted octanol–water partition coefficient (Wildman–Crippen LogP) is 3.64. The fourth-order valence-electron chi connectivity index (χ4n) is 3.93. The number of aromatic nitrogens is 4.